The molecular weight excluding hydrogens is 420 g/mol. The van der Waals surface area contributed by atoms with Crippen molar-refractivity contribution in [1.82, 2.24) is 4.90 Å². The Kier molecular flexibility index (Phi) is 4.57. The Balaban J connectivity index is 1.20. The molecule has 0 radical (unpaired) electrons. The van der Waals surface area contributed by atoms with Crippen molar-refractivity contribution < 1.29 is 14.4 Å². The largest absolute Gasteiger partial charge is 0.326 e. The molecule has 1 heterocycles. The van der Waals surface area contributed by atoms with E-state index in [9.17, 15) is 14.4 Å². The second kappa shape index (κ2) is 6.97. The summed E-state index contributed by atoms with van der Waals surface area (Å²) in [7, 11) is 0. The molecule has 3 saturated carbocycles. The van der Waals surface area contributed by atoms with E-state index in [1.54, 1.807) is 4.90 Å². The molecule has 1 saturated heterocycles. The zero-order valence-electron chi connectivity index (χ0n) is 15.8. The maximum absolute atomic E-state index is 13.0. The number of hydrogen-bond donors (Lipinski definition) is 1. The van der Waals surface area contributed by atoms with E-state index < -0.39 is 0 Å². The van der Waals surface area contributed by atoms with E-state index in [1.165, 1.54) is 0 Å². The van der Waals surface area contributed by atoms with Gasteiger partial charge in [0.15, 0.2) is 0 Å². The number of carbonyl (C=O) groups is 3. The van der Waals surface area contributed by atoms with Crippen molar-refractivity contribution in [2.45, 2.75) is 51.0 Å². The number of carbonyl (C=O) groups excluding carboxylic acids is 3. The average molecular weight is 445 g/mol. The highest BCUT2D eigenvalue weighted by Crippen LogP contribution is 2.56. The molecule has 2 bridgehead atoms. The summed E-state index contributed by atoms with van der Waals surface area (Å²) < 4.78 is 0.976. The van der Waals surface area contributed by atoms with Crippen LogP contribution in [0.15, 0.2) is 28.7 Å². The van der Waals surface area contributed by atoms with Crippen LogP contribution < -0.4 is 5.32 Å². The predicted octanol–water partition coefficient (Wildman–Crippen LogP) is 3.98. The van der Waals surface area contributed by atoms with E-state index in [1.807, 2.05) is 24.3 Å². The Hall–Kier alpha value is -1.69. The third-order valence-corrected chi connectivity index (χ3v) is 8.03. The molecule has 0 spiro atoms. The van der Waals surface area contributed by atoms with E-state index >= 15 is 0 Å². The first-order valence-electron chi connectivity index (χ1n) is 10.5. The molecule has 1 aromatic rings. The fourth-order valence-corrected chi connectivity index (χ4v) is 6.43. The Labute approximate surface area is 173 Å². The molecule has 5 nitrogen and oxygen atoms in total. The molecule has 1 N–H and O–H groups in total. The number of halogens is 1. The Morgan fingerprint density at radius 2 is 1.46 bits per heavy atom. The van der Waals surface area contributed by atoms with E-state index in [0.29, 0.717) is 11.8 Å². The number of likely N-dealkylation sites (tertiary alicyclic amines) is 1. The van der Waals surface area contributed by atoms with Crippen molar-refractivity contribution >= 4 is 39.3 Å². The topological polar surface area (TPSA) is 66.5 Å². The van der Waals surface area contributed by atoms with Crippen LogP contribution in [0.3, 0.4) is 0 Å². The highest BCUT2D eigenvalue weighted by atomic mass is 79.9. The van der Waals surface area contributed by atoms with Crippen LogP contribution in [0, 0.1) is 29.6 Å². The van der Waals surface area contributed by atoms with Crippen LogP contribution in [0.4, 0.5) is 5.69 Å². The predicted molar refractivity (Wildman–Crippen MR) is 108 cm³/mol. The van der Waals surface area contributed by atoms with Gasteiger partial charge in [-0.3, -0.25) is 19.3 Å². The Bertz CT molecular complexity index is 788. The van der Waals surface area contributed by atoms with Crippen LogP contribution in [-0.2, 0) is 14.4 Å². The molecular formula is C22H25BrN2O3. The minimum atomic E-state index is -0.0524. The number of nitrogens with zero attached hydrogens (tertiary/aromatic N) is 1. The lowest BCUT2D eigenvalue weighted by Crippen LogP contribution is -2.44. The molecule has 3 amide bonds. The first kappa shape index (κ1) is 18.3. The first-order valence-corrected chi connectivity index (χ1v) is 11.3. The van der Waals surface area contributed by atoms with Gasteiger partial charge in [0.2, 0.25) is 17.7 Å². The number of fused-ring (bicyclic) bond motifs is 5. The molecule has 3 aliphatic carbocycles. The van der Waals surface area contributed by atoms with Gasteiger partial charge in [0.25, 0.3) is 0 Å². The maximum atomic E-state index is 13.0. The SMILES string of the molecule is O=C(Nc1ccc(Br)cc1)C1CCC(N2C(=O)[C@H]3[C@H]4CC[C@@H](C4)[C@@H]3C2=O)CC1. The zero-order valence-corrected chi connectivity index (χ0v) is 17.4. The Morgan fingerprint density at radius 1 is 0.893 bits per heavy atom. The molecule has 148 valence electrons. The molecule has 4 fully saturated rings. The highest BCUT2D eigenvalue weighted by Gasteiger charge is 2.61. The second-order valence-corrected chi connectivity index (χ2v) is 9.85. The summed E-state index contributed by atoms with van der Waals surface area (Å²) in [5.41, 5.74) is 0.795. The molecule has 1 aliphatic heterocycles. The normalized spacial score (nSPS) is 36.7. The van der Waals surface area contributed by atoms with Gasteiger partial charge in [-0.05, 0) is 81.0 Å². The summed E-state index contributed by atoms with van der Waals surface area (Å²) >= 11 is 3.39. The number of benzene rings is 1. The second-order valence-electron chi connectivity index (χ2n) is 8.93. The van der Waals surface area contributed by atoms with Gasteiger partial charge in [0, 0.05) is 22.1 Å². The van der Waals surface area contributed by atoms with Crippen LogP contribution in [0.2, 0.25) is 0 Å². The first-order chi connectivity index (χ1) is 13.5. The van der Waals surface area contributed by atoms with E-state index in [4.69, 9.17) is 0 Å². The van der Waals surface area contributed by atoms with Crippen LogP contribution in [0.1, 0.15) is 44.9 Å². The third kappa shape index (κ3) is 2.92. The lowest BCUT2D eigenvalue weighted by Gasteiger charge is -2.33. The average Bonchev–Trinajstić information content (AvgIpc) is 3.38. The van der Waals surface area contributed by atoms with Crippen molar-refractivity contribution in [3.05, 3.63) is 28.7 Å². The minimum Gasteiger partial charge on any atom is -0.326 e. The van der Waals surface area contributed by atoms with E-state index in [2.05, 4.69) is 21.2 Å². The third-order valence-electron chi connectivity index (χ3n) is 7.51. The highest BCUT2D eigenvalue weighted by molar-refractivity contribution is 9.10. The van der Waals surface area contributed by atoms with Crippen LogP contribution in [0.25, 0.3) is 0 Å². The number of hydrogen-bond acceptors (Lipinski definition) is 3. The fraction of sp³-hybridized carbons (Fsp3) is 0.591. The lowest BCUT2D eigenvalue weighted by molar-refractivity contribution is -0.144. The molecule has 0 aromatic heterocycles. The summed E-state index contributed by atoms with van der Waals surface area (Å²) in [5, 5.41) is 2.99. The van der Waals surface area contributed by atoms with Gasteiger partial charge in [0.1, 0.15) is 0 Å². The minimum absolute atomic E-state index is 0.0123. The molecule has 6 heteroatoms. The Morgan fingerprint density at radius 3 is 2.04 bits per heavy atom. The molecule has 0 unspecified atom stereocenters. The van der Waals surface area contributed by atoms with E-state index in [0.717, 1.165) is 55.1 Å². The van der Waals surface area contributed by atoms with Gasteiger partial charge in [-0.15, -0.1) is 0 Å². The summed E-state index contributed by atoms with van der Waals surface area (Å²) in [5.74, 6) is 0.955. The van der Waals surface area contributed by atoms with Crippen LogP contribution >= 0.6 is 15.9 Å². The van der Waals surface area contributed by atoms with Gasteiger partial charge < -0.3 is 5.32 Å². The van der Waals surface area contributed by atoms with Crippen molar-refractivity contribution in [1.29, 1.82) is 0 Å². The van der Waals surface area contributed by atoms with Gasteiger partial charge in [0.05, 0.1) is 11.8 Å². The zero-order chi connectivity index (χ0) is 19.4. The number of nitrogens with one attached hydrogen (secondary N) is 1. The standard InChI is InChI=1S/C22H25BrN2O3/c23-15-5-7-16(8-6-15)24-20(26)12-3-9-17(10-4-12)25-21(27)18-13-1-2-14(11-13)19(18)22(25)28/h5-8,12-14,17-19H,1-4,9-11H2,(H,24,26)/t12?,13-,14-,17?,18-,19-/m0/s1. The van der Waals surface area contributed by atoms with Crippen LogP contribution in [-0.4, -0.2) is 28.7 Å². The molecule has 4 atom stereocenters. The van der Waals surface area contributed by atoms with Gasteiger partial charge in [-0.25, -0.2) is 0 Å². The smallest absolute Gasteiger partial charge is 0.233 e. The van der Waals surface area contributed by atoms with Crippen molar-refractivity contribution in [2.75, 3.05) is 5.32 Å². The fourth-order valence-electron chi connectivity index (χ4n) is 6.17. The molecule has 28 heavy (non-hydrogen) atoms. The lowest BCUT2D eigenvalue weighted by atomic mass is 9.81. The van der Waals surface area contributed by atoms with Gasteiger partial charge >= 0.3 is 0 Å². The monoisotopic (exact) mass is 444 g/mol. The molecule has 1 aromatic carbocycles. The number of imide groups is 1. The van der Waals surface area contributed by atoms with Gasteiger partial charge in [-0.2, -0.15) is 0 Å². The van der Waals surface area contributed by atoms with Gasteiger partial charge in [-0.1, -0.05) is 15.9 Å². The maximum Gasteiger partial charge on any atom is 0.233 e. The van der Waals surface area contributed by atoms with Crippen LogP contribution in [0.5, 0.6) is 0 Å². The number of anilines is 1. The summed E-state index contributed by atoms with van der Waals surface area (Å²) in [6.45, 7) is 0. The van der Waals surface area contributed by atoms with E-state index in [-0.39, 0.29) is 41.5 Å². The summed E-state index contributed by atoms with van der Waals surface area (Å²) in [4.78, 5) is 40.2. The quantitative estimate of drug-likeness (QED) is 0.716. The van der Waals surface area contributed by atoms with Crippen molar-refractivity contribution in [3.63, 3.8) is 0 Å². The molecule has 4 aliphatic rings. The molecule has 5 rings (SSSR count). The van der Waals surface area contributed by atoms with Crippen molar-refractivity contribution in [2.24, 2.45) is 29.6 Å². The number of rotatable bonds is 3. The summed E-state index contributed by atoms with van der Waals surface area (Å²) in [6.07, 6.45) is 6.24. The summed E-state index contributed by atoms with van der Waals surface area (Å²) in [6, 6.07) is 7.55. The number of amides is 3. The van der Waals surface area contributed by atoms with Crippen molar-refractivity contribution in [3.8, 4) is 0 Å².